The van der Waals surface area contributed by atoms with Crippen LogP contribution < -0.4 is 16.0 Å². The zero-order chi connectivity index (χ0) is 79.3. The van der Waals surface area contributed by atoms with Gasteiger partial charge in [-0.3, -0.25) is 19.2 Å². The minimum Gasteiger partial charge on any atom is -0.394 e. The fourth-order valence-corrected chi connectivity index (χ4v) is 15.0. The third-order valence-electron chi connectivity index (χ3n) is 18.5. The number of nitrogens with one attached hydrogen (secondary N) is 3. The third-order valence-corrected chi connectivity index (χ3v) is 21.3. The fraction of sp³-hybridized carbons (Fsp3) is 0.935. The molecule has 17 rings (SSSR count). The van der Waals surface area contributed by atoms with Crippen LogP contribution in [0.5, 0.6) is 0 Å². The summed E-state index contributed by atoms with van der Waals surface area (Å²) >= 11 is 10.2. The second kappa shape index (κ2) is 45.7. The number of hydrogen-bond donors (Lipinski definition) is 24. The minimum absolute atomic E-state index is 0.0176. The number of amides is 2. The number of hydrogen-bond acceptors (Lipinski definition) is 44. The molecular weight excluding hydrogens is 1540 g/mol. The standard InChI is InChI=1S/C62H107N3O39S4/c1-25(70)3-8-89-11-12-90-9-4-27(71)15-26(53(86)64-5-13-105)20-107-22-33-50-36(74)41(79)56(97-33)92-19-29(72)35(73)55(91-10-7-66)99-47-30(16-67)94-59(42(80)37(47)75)103-51-34(23-108-21-28(63-2)54(87)65-6-14-106)98-60(44(82)39(51)77)101-49-32(18-69)96-61(45(83)40(49)78)104-62(88)24-93-57(46(84)52(62)85)100-48-31(17-68)95-58(102-50)43(81)38(48)76/h26,28-52,55-61,63,66-69,72-85,88,105-106H,3-24H2,1-2H3,(H,64,86)(H,65,87)/t26-,28-,29+,30?,31?,32?,33?,34?,35?,36-,37-,38-,39-,40-,41?,42?,43?,44?,45?,46?,47-,48-,49-,50-,51+,52-,55-,56+,57-,58-,59+,60-,61-,62-/m1/s1. The van der Waals surface area contributed by atoms with Gasteiger partial charge in [-0.25, -0.2) is 0 Å². The number of likely N-dealkylation sites (N-methyl/N-ethyl adjacent to an activating group) is 1. The summed E-state index contributed by atoms with van der Waals surface area (Å²) in [4.78, 5) is 51.2. The van der Waals surface area contributed by atoms with Crippen molar-refractivity contribution in [2.75, 3.05) is 127 Å². The molecule has 17 saturated heterocycles. The van der Waals surface area contributed by atoms with Gasteiger partial charge in [-0.15, -0.1) is 0 Å². The average Bonchev–Trinajstić information content (AvgIpc) is 0.769. The number of rotatable bonds is 32. The molecule has 17 heterocycles. The first-order valence-electron chi connectivity index (χ1n) is 35.0. The molecule has 46 heteroatoms. The first-order chi connectivity index (χ1) is 51.5. The zero-order valence-corrected chi connectivity index (χ0v) is 62.4. The van der Waals surface area contributed by atoms with Crippen LogP contribution in [-0.4, -0.2) is 450 Å². The quantitative estimate of drug-likeness (QED) is 0.0220. The van der Waals surface area contributed by atoms with Crippen LogP contribution in [0.1, 0.15) is 26.2 Å². The van der Waals surface area contributed by atoms with Crippen LogP contribution in [0.2, 0.25) is 0 Å². The summed E-state index contributed by atoms with van der Waals surface area (Å²) in [6.07, 6.45) is -65.1. The van der Waals surface area contributed by atoms with Crippen molar-refractivity contribution in [3.63, 3.8) is 0 Å². The SMILES string of the molecule is CN[C@H](CSCC1O[C@@H]2O[C@@H]3C(CO)O[C@H](O[C@]4(O)CO[C@H](O[C@@H]5C(CO)O[C@H](O[C@@H]6C(CSC[C@@H](CC(=O)CCOCCOCCC(C)=O)C(=O)NCCS)O[C@H](OC[C@H](O)C(O)[C@H](OCCO)O[C@@H]7C(CO)O[C@@H](O[C@@H]1[C@H](O)C2O)C(O)[C@H]7O)C(O)[C@H]6O)C(O)[C@H]5O)C(O)[C@H]4O)C(O)[C@H]3O)C(=O)NCCS. The predicted molar refractivity (Wildman–Crippen MR) is 367 cm³/mol. The molecule has 0 spiro atoms. The lowest BCUT2D eigenvalue weighted by atomic mass is 9.95. The lowest BCUT2D eigenvalue weighted by Gasteiger charge is -2.50. The van der Waals surface area contributed by atoms with Crippen LogP contribution >= 0.6 is 48.8 Å². The van der Waals surface area contributed by atoms with Gasteiger partial charge in [-0.05, 0) is 14.0 Å². The molecule has 628 valence electrons. The van der Waals surface area contributed by atoms with E-state index in [1.165, 1.54) is 14.0 Å². The number of carbonyl (C=O) groups is 4. The van der Waals surface area contributed by atoms with E-state index in [4.69, 9.17) is 75.8 Å². The Labute approximate surface area is 639 Å². The van der Waals surface area contributed by atoms with Crippen molar-refractivity contribution in [1.82, 2.24) is 16.0 Å². The highest BCUT2D eigenvalue weighted by atomic mass is 32.2. The molecule has 17 aliphatic heterocycles. The second-order valence-corrected chi connectivity index (χ2v) is 29.5. The number of ketones is 2. The smallest absolute Gasteiger partial charge is 0.238 e. The number of thiol groups is 2. The van der Waals surface area contributed by atoms with Gasteiger partial charge in [0, 0.05) is 66.9 Å². The van der Waals surface area contributed by atoms with Gasteiger partial charge in [-0.1, -0.05) is 0 Å². The van der Waals surface area contributed by atoms with E-state index in [0.717, 1.165) is 23.5 Å². The molecule has 17 aliphatic rings. The molecule has 12 unspecified atom stereocenters. The van der Waals surface area contributed by atoms with E-state index in [9.17, 15) is 116 Å². The average molecular weight is 1650 g/mol. The van der Waals surface area contributed by atoms with Gasteiger partial charge in [0.05, 0.1) is 90.2 Å². The molecule has 0 aromatic rings. The molecule has 17 fully saturated rings. The van der Waals surface area contributed by atoms with Crippen molar-refractivity contribution in [3.8, 4) is 0 Å². The van der Waals surface area contributed by atoms with Crippen molar-refractivity contribution in [2.24, 2.45) is 5.92 Å². The van der Waals surface area contributed by atoms with Gasteiger partial charge in [-0.2, -0.15) is 48.8 Å². The van der Waals surface area contributed by atoms with Gasteiger partial charge < -0.3 is 189 Å². The zero-order valence-electron chi connectivity index (χ0n) is 59.0. The predicted octanol–water partition coefficient (Wildman–Crippen LogP) is -12.9. The lowest BCUT2D eigenvalue weighted by molar-refractivity contribution is -0.432. The maximum atomic E-state index is 13.6. The molecule has 34 atom stereocenters. The highest BCUT2D eigenvalue weighted by Gasteiger charge is 2.60. The molecule has 0 saturated carbocycles. The molecule has 0 aromatic heterocycles. The van der Waals surface area contributed by atoms with Gasteiger partial charge >= 0.3 is 0 Å². The van der Waals surface area contributed by atoms with Crippen molar-refractivity contribution in [2.45, 2.75) is 229 Å². The topological polar surface area (TPSA) is 636 Å². The molecule has 42 nitrogen and oxygen atoms in total. The molecular formula is C62H107N3O39S4. The van der Waals surface area contributed by atoms with Crippen molar-refractivity contribution in [3.05, 3.63) is 0 Å². The summed E-state index contributed by atoms with van der Waals surface area (Å²) < 4.78 is 92.8. The van der Waals surface area contributed by atoms with Crippen LogP contribution in [0.25, 0.3) is 0 Å². The van der Waals surface area contributed by atoms with E-state index < -0.39 is 272 Å². The fourth-order valence-electron chi connectivity index (χ4n) is 12.4. The Morgan fingerprint density at radius 2 is 0.917 bits per heavy atom. The Kier molecular flexibility index (Phi) is 39.5. The van der Waals surface area contributed by atoms with Crippen molar-refractivity contribution < 1.29 is 192 Å². The highest BCUT2D eigenvalue weighted by Crippen LogP contribution is 2.39. The van der Waals surface area contributed by atoms with E-state index in [1.54, 1.807) is 0 Å². The van der Waals surface area contributed by atoms with E-state index >= 15 is 0 Å². The summed E-state index contributed by atoms with van der Waals surface area (Å²) in [5.41, 5.74) is 0. The number of thioether (sulfide) groups is 2. The summed E-state index contributed by atoms with van der Waals surface area (Å²) in [6, 6.07) is -0.866. The maximum Gasteiger partial charge on any atom is 0.238 e. The largest absolute Gasteiger partial charge is 0.394 e. The molecule has 0 aromatic carbocycles. The number of fused-ring (bicyclic) bond motifs is 1. The van der Waals surface area contributed by atoms with Crippen molar-refractivity contribution in [1.29, 1.82) is 0 Å². The van der Waals surface area contributed by atoms with Crippen LogP contribution in [0.4, 0.5) is 0 Å². The molecule has 22 N–H and O–H groups in total. The van der Waals surface area contributed by atoms with Gasteiger partial charge in [0.2, 0.25) is 17.6 Å². The van der Waals surface area contributed by atoms with Crippen molar-refractivity contribution >= 4 is 72.2 Å². The van der Waals surface area contributed by atoms with E-state index in [-0.39, 0.29) is 93.3 Å². The Bertz CT molecular complexity index is 2670. The molecule has 108 heavy (non-hydrogen) atoms. The van der Waals surface area contributed by atoms with Crippen LogP contribution in [-0.2, 0) is 95.0 Å². The summed E-state index contributed by atoms with van der Waals surface area (Å²) in [5.74, 6) is -5.95. The number of ether oxygens (including phenoxy) is 16. The van der Waals surface area contributed by atoms with Gasteiger partial charge in [0.25, 0.3) is 0 Å². The molecule has 2 amide bonds. The molecule has 12 bridgehead atoms. The van der Waals surface area contributed by atoms with Crippen LogP contribution in [0, 0.1) is 5.92 Å². The minimum atomic E-state index is -3.12. The Morgan fingerprint density at radius 3 is 1.41 bits per heavy atom. The highest BCUT2D eigenvalue weighted by molar-refractivity contribution is 7.99. The van der Waals surface area contributed by atoms with Gasteiger partial charge in [0.15, 0.2) is 44.0 Å². The summed E-state index contributed by atoms with van der Waals surface area (Å²) in [5, 5.41) is 226. The van der Waals surface area contributed by atoms with Gasteiger partial charge in [0.1, 0.15) is 152 Å². The van der Waals surface area contributed by atoms with Crippen LogP contribution in [0.3, 0.4) is 0 Å². The lowest BCUT2D eigenvalue weighted by Crippen LogP contribution is -2.69. The summed E-state index contributed by atoms with van der Waals surface area (Å²) in [6.45, 7) is -4.90. The van der Waals surface area contributed by atoms with E-state index in [1.807, 2.05) is 0 Å². The first-order valence-corrected chi connectivity index (χ1v) is 38.6. The maximum absolute atomic E-state index is 13.6. The number of aliphatic hydroxyl groups excluding tert-OH is 18. The summed E-state index contributed by atoms with van der Waals surface area (Å²) in [7, 11) is 1.49. The van der Waals surface area contributed by atoms with E-state index in [2.05, 4.69) is 41.2 Å². The number of carbonyl (C=O) groups excluding carboxylic acids is 4. The molecule has 0 radical (unpaired) electrons. The van der Waals surface area contributed by atoms with E-state index in [0.29, 0.717) is 5.75 Å². The monoisotopic (exact) mass is 1650 g/mol. The molecule has 0 aliphatic carbocycles. The van der Waals surface area contributed by atoms with Crippen LogP contribution in [0.15, 0.2) is 0 Å². The Balaban J connectivity index is 1.19. The third kappa shape index (κ3) is 24.9. The second-order valence-electron chi connectivity index (χ2n) is 26.4. The Hall–Kier alpha value is -1.76. The number of Topliss-reactive ketones (excluding diaryl/α,β-unsaturated/α-hetero) is 2. The normalized spacial score (nSPS) is 41.5. The first kappa shape index (κ1) is 93.4. The number of aliphatic hydroxyl groups is 19. The Morgan fingerprint density at radius 1 is 0.491 bits per heavy atom.